The molecule has 0 atom stereocenters. The number of carbonyl (C=O) groups excluding carboxylic acids is 1. The van der Waals surface area contributed by atoms with E-state index in [0.29, 0.717) is 31.2 Å². The molecule has 0 spiro atoms. The van der Waals surface area contributed by atoms with Crippen molar-refractivity contribution in [2.24, 2.45) is 0 Å². The SMILES string of the molecule is CC(=O)N1CCn2c(C)nc(C(=O)O)c2C1. The molecule has 1 aliphatic rings. The van der Waals surface area contributed by atoms with Gasteiger partial charge in [0.1, 0.15) is 5.82 Å². The molecule has 1 N–H and O–H groups in total. The number of carboxylic acids is 1. The molecule has 0 bridgehead atoms. The van der Waals surface area contributed by atoms with Gasteiger partial charge in [0, 0.05) is 20.0 Å². The molecule has 0 aromatic carbocycles. The number of fused-ring (bicyclic) bond motifs is 1. The molecule has 1 aromatic heterocycles. The highest BCUT2D eigenvalue weighted by molar-refractivity contribution is 5.87. The zero-order valence-corrected chi connectivity index (χ0v) is 9.23. The Bertz CT molecular complexity index is 464. The molecule has 1 aliphatic heterocycles. The van der Waals surface area contributed by atoms with Crippen LogP contribution in [0.2, 0.25) is 0 Å². The summed E-state index contributed by atoms with van der Waals surface area (Å²) in [4.78, 5) is 27.9. The largest absolute Gasteiger partial charge is 0.476 e. The Kier molecular flexibility index (Phi) is 2.41. The molecular weight excluding hydrogens is 210 g/mol. The second-order valence-electron chi connectivity index (χ2n) is 3.85. The third-order valence-corrected chi connectivity index (χ3v) is 2.85. The Labute approximate surface area is 92.5 Å². The van der Waals surface area contributed by atoms with Crippen molar-refractivity contribution in [2.45, 2.75) is 26.9 Å². The summed E-state index contributed by atoms with van der Waals surface area (Å²) in [7, 11) is 0. The number of nitrogens with zero attached hydrogens (tertiary/aromatic N) is 3. The summed E-state index contributed by atoms with van der Waals surface area (Å²) in [5.41, 5.74) is 0.676. The monoisotopic (exact) mass is 223 g/mol. The van der Waals surface area contributed by atoms with Crippen molar-refractivity contribution < 1.29 is 14.7 Å². The minimum atomic E-state index is -1.04. The van der Waals surface area contributed by atoms with Crippen LogP contribution in [0.25, 0.3) is 0 Å². The standard InChI is InChI=1S/C10H13N3O3/c1-6-11-9(10(15)16)8-5-12(7(2)14)3-4-13(6)8/h3-5H2,1-2H3,(H,15,16). The van der Waals surface area contributed by atoms with Crippen molar-refractivity contribution >= 4 is 11.9 Å². The zero-order chi connectivity index (χ0) is 11.9. The van der Waals surface area contributed by atoms with Crippen LogP contribution in [0, 0.1) is 6.92 Å². The van der Waals surface area contributed by atoms with Gasteiger partial charge in [0.25, 0.3) is 0 Å². The minimum Gasteiger partial charge on any atom is -0.476 e. The van der Waals surface area contributed by atoms with E-state index in [1.807, 2.05) is 4.57 Å². The lowest BCUT2D eigenvalue weighted by Gasteiger charge is -2.27. The average Bonchev–Trinajstić information content (AvgIpc) is 2.56. The number of aromatic nitrogens is 2. The highest BCUT2D eigenvalue weighted by Gasteiger charge is 2.26. The number of hydrogen-bond acceptors (Lipinski definition) is 3. The number of carboxylic acid groups (broad SMARTS) is 1. The molecule has 0 fully saturated rings. The van der Waals surface area contributed by atoms with E-state index < -0.39 is 5.97 Å². The topological polar surface area (TPSA) is 75.4 Å². The van der Waals surface area contributed by atoms with Gasteiger partial charge >= 0.3 is 5.97 Å². The number of amides is 1. The van der Waals surface area contributed by atoms with E-state index in [2.05, 4.69) is 4.98 Å². The maximum absolute atomic E-state index is 11.2. The molecule has 16 heavy (non-hydrogen) atoms. The van der Waals surface area contributed by atoms with Gasteiger partial charge < -0.3 is 14.6 Å². The van der Waals surface area contributed by atoms with Crippen LogP contribution in [0.4, 0.5) is 0 Å². The van der Waals surface area contributed by atoms with Gasteiger partial charge in [-0.2, -0.15) is 0 Å². The third-order valence-electron chi connectivity index (χ3n) is 2.85. The normalized spacial score (nSPS) is 14.8. The van der Waals surface area contributed by atoms with Gasteiger partial charge in [-0.05, 0) is 6.92 Å². The summed E-state index contributed by atoms with van der Waals surface area (Å²) < 4.78 is 1.86. The number of aryl methyl sites for hydroxylation is 1. The van der Waals surface area contributed by atoms with Crippen LogP contribution in [-0.4, -0.2) is 38.0 Å². The van der Waals surface area contributed by atoms with Crippen LogP contribution in [0.1, 0.15) is 28.9 Å². The summed E-state index contributed by atoms with van der Waals surface area (Å²) in [5, 5.41) is 9.00. The van der Waals surface area contributed by atoms with Crippen LogP contribution in [0.15, 0.2) is 0 Å². The lowest BCUT2D eigenvalue weighted by molar-refractivity contribution is -0.130. The van der Waals surface area contributed by atoms with Crippen molar-refractivity contribution in [1.29, 1.82) is 0 Å². The first kappa shape index (κ1) is 10.7. The summed E-state index contributed by atoms with van der Waals surface area (Å²) in [6.07, 6.45) is 0. The summed E-state index contributed by atoms with van der Waals surface area (Å²) in [5.74, 6) is -0.390. The number of aromatic carboxylic acids is 1. The van der Waals surface area contributed by atoms with Crippen molar-refractivity contribution in [3.8, 4) is 0 Å². The molecule has 6 nitrogen and oxygen atoms in total. The number of carbonyl (C=O) groups is 2. The van der Waals surface area contributed by atoms with Gasteiger partial charge in [0.2, 0.25) is 5.91 Å². The lowest BCUT2D eigenvalue weighted by Crippen LogP contribution is -2.37. The van der Waals surface area contributed by atoms with E-state index in [1.165, 1.54) is 6.92 Å². The molecule has 0 aliphatic carbocycles. The Morgan fingerprint density at radius 3 is 2.62 bits per heavy atom. The Hall–Kier alpha value is -1.85. The van der Waals surface area contributed by atoms with E-state index in [4.69, 9.17) is 5.11 Å². The van der Waals surface area contributed by atoms with Crippen LogP contribution in [0.5, 0.6) is 0 Å². The number of hydrogen-bond donors (Lipinski definition) is 1. The van der Waals surface area contributed by atoms with Crippen LogP contribution in [-0.2, 0) is 17.9 Å². The van der Waals surface area contributed by atoms with E-state index in [9.17, 15) is 9.59 Å². The molecule has 1 aromatic rings. The van der Waals surface area contributed by atoms with Gasteiger partial charge in [-0.3, -0.25) is 4.79 Å². The first-order valence-electron chi connectivity index (χ1n) is 5.05. The lowest BCUT2D eigenvalue weighted by atomic mass is 10.2. The summed E-state index contributed by atoms with van der Waals surface area (Å²) in [6, 6.07) is 0. The molecule has 6 heteroatoms. The summed E-state index contributed by atoms with van der Waals surface area (Å²) in [6.45, 7) is 4.82. The van der Waals surface area contributed by atoms with Crippen molar-refractivity contribution in [3.63, 3.8) is 0 Å². The molecule has 0 saturated heterocycles. The fourth-order valence-corrected chi connectivity index (χ4v) is 1.99. The maximum Gasteiger partial charge on any atom is 0.356 e. The van der Waals surface area contributed by atoms with Gasteiger partial charge in [-0.25, -0.2) is 9.78 Å². The van der Waals surface area contributed by atoms with Crippen LogP contribution < -0.4 is 0 Å². The zero-order valence-electron chi connectivity index (χ0n) is 9.23. The fourth-order valence-electron chi connectivity index (χ4n) is 1.99. The average molecular weight is 223 g/mol. The molecule has 0 unspecified atom stereocenters. The molecule has 0 saturated carbocycles. The highest BCUT2D eigenvalue weighted by atomic mass is 16.4. The van der Waals surface area contributed by atoms with Gasteiger partial charge in [0.15, 0.2) is 5.69 Å². The number of imidazole rings is 1. The molecule has 0 radical (unpaired) electrons. The fraction of sp³-hybridized carbons (Fsp3) is 0.500. The van der Waals surface area contributed by atoms with Gasteiger partial charge in [-0.1, -0.05) is 0 Å². The molecule has 2 rings (SSSR count). The number of rotatable bonds is 1. The van der Waals surface area contributed by atoms with Crippen molar-refractivity contribution in [1.82, 2.24) is 14.5 Å². The van der Waals surface area contributed by atoms with E-state index in [1.54, 1.807) is 11.8 Å². The van der Waals surface area contributed by atoms with Gasteiger partial charge in [0.05, 0.1) is 12.2 Å². The predicted molar refractivity (Wildman–Crippen MR) is 55.0 cm³/mol. The van der Waals surface area contributed by atoms with Gasteiger partial charge in [-0.15, -0.1) is 0 Å². The molecule has 1 amide bonds. The Balaban J connectivity index is 2.42. The summed E-state index contributed by atoms with van der Waals surface area (Å²) >= 11 is 0. The van der Waals surface area contributed by atoms with E-state index in [-0.39, 0.29) is 11.6 Å². The quantitative estimate of drug-likeness (QED) is 0.740. The molecular formula is C10H13N3O3. The van der Waals surface area contributed by atoms with E-state index in [0.717, 1.165) is 0 Å². The smallest absolute Gasteiger partial charge is 0.356 e. The first-order valence-corrected chi connectivity index (χ1v) is 5.05. The Morgan fingerprint density at radius 1 is 1.38 bits per heavy atom. The van der Waals surface area contributed by atoms with Crippen molar-refractivity contribution in [3.05, 3.63) is 17.2 Å². The van der Waals surface area contributed by atoms with E-state index >= 15 is 0 Å². The second-order valence-corrected chi connectivity index (χ2v) is 3.85. The Morgan fingerprint density at radius 2 is 2.06 bits per heavy atom. The molecule has 2 heterocycles. The van der Waals surface area contributed by atoms with Crippen molar-refractivity contribution in [2.75, 3.05) is 6.54 Å². The maximum atomic E-state index is 11.2. The predicted octanol–water partition coefficient (Wildman–Crippen LogP) is 0.252. The third kappa shape index (κ3) is 1.56. The first-order chi connectivity index (χ1) is 7.50. The van der Waals surface area contributed by atoms with Crippen LogP contribution >= 0.6 is 0 Å². The molecule has 86 valence electrons. The minimum absolute atomic E-state index is 0.0403. The highest BCUT2D eigenvalue weighted by Crippen LogP contribution is 2.18. The second kappa shape index (κ2) is 3.62. The van der Waals surface area contributed by atoms with Crippen LogP contribution in [0.3, 0.4) is 0 Å².